The average Bonchev–Trinajstić information content (AvgIpc) is 2.25. The number of halogens is 3. The van der Waals surface area contributed by atoms with E-state index in [4.69, 9.17) is 4.74 Å². The van der Waals surface area contributed by atoms with E-state index in [9.17, 15) is 13.2 Å². The molecular weight excluding hydrogens is 233 g/mol. The summed E-state index contributed by atoms with van der Waals surface area (Å²) in [6.45, 7) is 5.68. The highest BCUT2D eigenvalue weighted by molar-refractivity contribution is 5.54. The average molecular weight is 246 g/mol. The van der Waals surface area contributed by atoms with E-state index in [0.717, 1.165) is 0 Å². The van der Waals surface area contributed by atoms with E-state index in [1.54, 1.807) is 6.07 Å². The number of hydrogen-bond acceptors (Lipinski definition) is 2. The Morgan fingerprint density at radius 3 is 2.53 bits per heavy atom. The molecule has 94 valence electrons. The zero-order chi connectivity index (χ0) is 12.9. The summed E-state index contributed by atoms with van der Waals surface area (Å²) in [5.74, 6) is -0.266. The zero-order valence-corrected chi connectivity index (χ0v) is 9.38. The molecular formula is C12H13F3O2. The molecule has 0 heterocycles. The molecule has 0 unspecified atom stereocenters. The van der Waals surface area contributed by atoms with Gasteiger partial charge in [0.15, 0.2) is 11.5 Å². The minimum atomic E-state index is -4.73. The molecule has 1 aromatic rings. The lowest BCUT2D eigenvalue weighted by Crippen LogP contribution is -2.18. The van der Waals surface area contributed by atoms with Crippen LogP contribution in [0.5, 0.6) is 11.5 Å². The van der Waals surface area contributed by atoms with Gasteiger partial charge in [-0.25, -0.2) is 0 Å². The lowest BCUT2D eigenvalue weighted by molar-refractivity contribution is -0.275. The SMILES string of the molecule is C=Cc1ccc(OCCC)c(OC(F)(F)F)c1. The first kappa shape index (κ1) is 13.4. The summed E-state index contributed by atoms with van der Waals surface area (Å²) in [6, 6.07) is 4.29. The molecule has 0 aromatic heterocycles. The van der Waals surface area contributed by atoms with Crippen molar-refractivity contribution < 1.29 is 22.6 Å². The third-order valence-electron chi connectivity index (χ3n) is 1.89. The van der Waals surface area contributed by atoms with Crippen molar-refractivity contribution in [2.24, 2.45) is 0 Å². The molecule has 0 amide bonds. The van der Waals surface area contributed by atoms with Gasteiger partial charge in [-0.05, 0) is 24.1 Å². The van der Waals surface area contributed by atoms with Gasteiger partial charge in [0.1, 0.15) is 0 Å². The molecule has 5 heteroatoms. The minimum absolute atomic E-state index is 0.0785. The number of alkyl halides is 3. The van der Waals surface area contributed by atoms with Crippen LogP contribution in [0.2, 0.25) is 0 Å². The molecule has 0 aliphatic rings. The Hall–Kier alpha value is -1.65. The quantitative estimate of drug-likeness (QED) is 0.781. The monoisotopic (exact) mass is 246 g/mol. The lowest BCUT2D eigenvalue weighted by atomic mass is 10.2. The molecule has 0 bridgehead atoms. The Morgan fingerprint density at radius 1 is 1.29 bits per heavy atom. The summed E-state index contributed by atoms with van der Waals surface area (Å²) in [5.41, 5.74) is 0.535. The molecule has 0 spiro atoms. The number of hydrogen-bond donors (Lipinski definition) is 0. The summed E-state index contributed by atoms with van der Waals surface area (Å²) in [6.07, 6.45) is -2.59. The molecule has 2 nitrogen and oxygen atoms in total. The third kappa shape index (κ3) is 4.38. The van der Waals surface area contributed by atoms with E-state index < -0.39 is 6.36 Å². The standard InChI is InChI=1S/C12H13F3O2/c1-3-7-16-10-6-5-9(4-2)8-11(10)17-12(13,14)15/h4-6,8H,2-3,7H2,1H3. The van der Waals surface area contributed by atoms with Gasteiger partial charge in [-0.3, -0.25) is 0 Å². The van der Waals surface area contributed by atoms with Crippen LogP contribution < -0.4 is 9.47 Å². The first-order valence-electron chi connectivity index (χ1n) is 5.11. The molecule has 0 fully saturated rings. The molecule has 0 radical (unpaired) electrons. The summed E-state index contributed by atoms with van der Waals surface area (Å²) < 4.78 is 45.6. The van der Waals surface area contributed by atoms with Crippen molar-refractivity contribution in [3.8, 4) is 11.5 Å². The Labute approximate surface area is 97.7 Å². The Morgan fingerprint density at radius 2 is 2.00 bits per heavy atom. The van der Waals surface area contributed by atoms with Crippen molar-refractivity contribution in [3.63, 3.8) is 0 Å². The summed E-state index contributed by atoms with van der Waals surface area (Å²) in [4.78, 5) is 0. The van der Waals surface area contributed by atoms with Gasteiger partial charge in [0.25, 0.3) is 0 Å². The Bertz CT molecular complexity index is 386. The van der Waals surface area contributed by atoms with E-state index >= 15 is 0 Å². The zero-order valence-electron chi connectivity index (χ0n) is 9.38. The van der Waals surface area contributed by atoms with Gasteiger partial charge in [0.05, 0.1) is 6.61 Å². The first-order chi connectivity index (χ1) is 7.96. The fourth-order valence-corrected chi connectivity index (χ4v) is 1.19. The third-order valence-corrected chi connectivity index (χ3v) is 1.89. The van der Waals surface area contributed by atoms with E-state index in [0.29, 0.717) is 18.6 Å². The number of ether oxygens (including phenoxy) is 2. The van der Waals surface area contributed by atoms with Crippen LogP contribution in [0, 0.1) is 0 Å². The van der Waals surface area contributed by atoms with E-state index in [2.05, 4.69) is 11.3 Å². The maximum absolute atomic E-state index is 12.2. The highest BCUT2D eigenvalue weighted by Crippen LogP contribution is 2.33. The van der Waals surface area contributed by atoms with Crippen LogP contribution in [-0.4, -0.2) is 13.0 Å². The van der Waals surface area contributed by atoms with Crippen molar-refractivity contribution >= 4 is 6.08 Å². The van der Waals surface area contributed by atoms with Crippen molar-refractivity contribution in [2.75, 3.05) is 6.61 Å². The number of benzene rings is 1. The molecule has 1 aromatic carbocycles. The van der Waals surface area contributed by atoms with Gasteiger partial charge in [-0.2, -0.15) is 0 Å². The van der Waals surface area contributed by atoms with Gasteiger partial charge in [-0.15, -0.1) is 13.2 Å². The predicted octanol–water partition coefficient (Wildman–Crippen LogP) is 4.02. The van der Waals surface area contributed by atoms with Gasteiger partial charge in [0.2, 0.25) is 0 Å². The van der Waals surface area contributed by atoms with Crippen LogP contribution in [0.3, 0.4) is 0 Å². The van der Waals surface area contributed by atoms with E-state index in [1.807, 2.05) is 6.92 Å². The first-order valence-corrected chi connectivity index (χ1v) is 5.11. The van der Waals surface area contributed by atoms with Crippen molar-refractivity contribution in [2.45, 2.75) is 19.7 Å². The molecule has 0 aliphatic carbocycles. The number of rotatable bonds is 5. The maximum Gasteiger partial charge on any atom is 0.573 e. The molecule has 0 saturated heterocycles. The second-order valence-corrected chi connectivity index (χ2v) is 3.31. The van der Waals surface area contributed by atoms with Crippen LogP contribution in [0.4, 0.5) is 13.2 Å². The highest BCUT2D eigenvalue weighted by Gasteiger charge is 2.32. The van der Waals surface area contributed by atoms with Crippen LogP contribution in [0.15, 0.2) is 24.8 Å². The van der Waals surface area contributed by atoms with E-state index in [-0.39, 0.29) is 11.5 Å². The van der Waals surface area contributed by atoms with Gasteiger partial charge in [0, 0.05) is 0 Å². The fraction of sp³-hybridized carbons (Fsp3) is 0.333. The van der Waals surface area contributed by atoms with Crippen LogP contribution in [-0.2, 0) is 0 Å². The summed E-state index contributed by atoms with van der Waals surface area (Å²) >= 11 is 0. The van der Waals surface area contributed by atoms with Crippen molar-refractivity contribution in [1.82, 2.24) is 0 Å². The maximum atomic E-state index is 12.2. The predicted molar refractivity (Wildman–Crippen MR) is 59.0 cm³/mol. The van der Waals surface area contributed by atoms with Crippen LogP contribution >= 0.6 is 0 Å². The van der Waals surface area contributed by atoms with Crippen molar-refractivity contribution in [3.05, 3.63) is 30.3 Å². The molecule has 17 heavy (non-hydrogen) atoms. The Kier molecular flexibility index (Phi) is 4.43. The molecule has 0 aliphatic heterocycles. The molecule has 0 atom stereocenters. The molecule has 0 saturated carbocycles. The normalized spacial score (nSPS) is 11.1. The fourth-order valence-electron chi connectivity index (χ4n) is 1.19. The van der Waals surface area contributed by atoms with Crippen LogP contribution in [0.25, 0.3) is 6.08 Å². The highest BCUT2D eigenvalue weighted by atomic mass is 19.4. The molecule has 0 N–H and O–H groups in total. The lowest BCUT2D eigenvalue weighted by Gasteiger charge is -2.14. The summed E-state index contributed by atoms with van der Waals surface area (Å²) in [5, 5.41) is 0. The smallest absolute Gasteiger partial charge is 0.490 e. The minimum Gasteiger partial charge on any atom is -0.490 e. The van der Waals surface area contributed by atoms with Gasteiger partial charge < -0.3 is 9.47 Å². The van der Waals surface area contributed by atoms with Gasteiger partial charge in [-0.1, -0.05) is 25.6 Å². The van der Waals surface area contributed by atoms with E-state index in [1.165, 1.54) is 18.2 Å². The molecule has 1 rings (SSSR count). The Balaban J connectivity index is 2.98. The largest absolute Gasteiger partial charge is 0.573 e. The summed E-state index contributed by atoms with van der Waals surface area (Å²) in [7, 11) is 0. The second-order valence-electron chi connectivity index (χ2n) is 3.31. The van der Waals surface area contributed by atoms with Crippen LogP contribution in [0.1, 0.15) is 18.9 Å². The van der Waals surface area contributed by atoms with Gasteiger partial charge >= 0.3 is 6.36 Å². The topological polar surface area (TPSA) is 18.5 Å². The second kappa shape index (κ2) is 5.61. The van der Waals surface area contributed by atoms with Crippen molar-refractivity contribution in [1.29, 1.82) is 0 Å².